The SMILES string of the molecule is C1=C(c2ccccc2)NC(n2c3ccccc3c3cc(-c4ccc5c(c4)c4c6cccc7c6c(cc4n5-c4ccccc4)-c4ccccc4S7)ccc32)N=C1c1ccccc1. The average molecular weight is 797 g/mol. The molecule has 4 heterocycles. The van der Waals surface area contributed by atoms with Gasteiger partial charge in [0, 0.05) is 48.1 Å². The summed E-state index contributed by atoms with van der Waals surface area (Å²) in [4.78, 5) is 8.01. The van der Waals surface area contributed by atoms with Gasteiger partial charge in [0.1, 0.15) is 0 Å². The smallest absolute Gasteiger partial charge is 0.201 e. The van der Waals surface area contributed by atoms with Crippen LogP contribution < -0.4 is 5.32 Å². The summed E-state index contributed by atoms with van der Waals surface area (Å²) in [6.07, 6.45) is 1.82. The lowest BCUT2D eigenvalue weighted by atomic mass is 9.93. The molecule has 5 heteroatoms. The first kappa shape index (κ1) is 34.3. The van der Waals surface area contributed by atoms with Crippen molar-refractivity contribution < 1.29 is 0 Å². The van der Waals surface area contributed by atoms with Gasteiger partial charge in [-0.3, -0.25) is 0 Å². The Hall–Kier alpha value is -7.60. The number of allylic oxidation sites excluding steroid dienone is 1. The maximum absolute atomic E-state index is 5.39. The first-order chi connectivity index (χ1) is 30.2. The average Bonchev–Trinajstić information content (AvgIpc) is 3.84. The second-order valence-electron chi connectivity index (χ2n) is 15.9. The van der Waals surface area contributed by atoms with Crippen LogP contribution >= 0.6 is 11.8 Å². The van der Waals surface area contributed by atoms with Crippen LogP contribution in [0.1, 0.15) is 17.4 Å². The molecule has 0 aliphatic carbocycles. The van der Waals surface area contributed by atoms with Crippen LogP contribution in [0.3, 0.4) is 0 Å². The molecule has 0 radical (unpaired) electrons. The Labute approximate surface area is 356 Å². The molecular formula is C56H36N4S. The molecule has 0 saturated heterocycles. The Morgan fingerprint density at radius 3 is 1.89 bits per heavy atom. The molecule has 9 aromatic carbocycles. The molecule has 0 bridgehead atoms. The molecule has 11 aromatic rings. The fraction of sp³-hybridized carbons (Fsp3) is 0.0179. The molecule has 2 aliphatic heterocycles. The minimum Gasteiger partial charge on any atom is -0.346 e. The number of aromatic nitrogens is 2. The number of hydrogen-bond acceptors (Lipinski definition) is 3. The summed E-state index contributed by atoms with van der Waals surface area (Å²) in [5.74, 6) is 0. The van der Waals surface area contributed by atoms with E-state index in [2.05, 4.69) is 221 Å². The number of fused-ring (bicyclic) bond motifs is 9. The summed E-state index contributed by atoms with van der Waals surface area (Å²) in [6, 6.07) is 72.7. The minimum absolute atomic E-state index is 0.357. The third-order valence-electron chi connectivity index (χ3n) is 12.5. The van der Waals surface area contributed by atoms with Crippen LogP contribution in [0, 0.1) is 0 Å². The zero-order valence-corrected chi connectivity index (χ0v) is 33.8. The van der Waals surface area contributed by atoms with E-state index in [1.165, 1.54) is 75.4 Å². The van der Waals surface area contributed by atoms with E-state index in [1.807, 2.05) is 11.8 Å². The lowest BCUT2D eigenvalue weighted by Crippen LogP contribution is -2.29. The Balaban J connectivity index is 1.01. The second-order valence-corrected chi connectivity index (χ2v) is 17.0. The summed E-state index contributed by atoms with van der Waals surface area (Å²) < 4.78 is 4.82. The molecule has 2 aliphatic rings. The fourth-order valence-corrected chi connectivity index (χ4v) is 11.0. The van der Waals surface area contributed by atoms with E-state index < -0.39 is 0 Å². The van der Waals surface area contributed by atoms with Crippen LogP contribution in [-0.2, 0) is 0 Å². The van der Waals surface area contributed by atoms with Gasteiger partial charge in [0.05, 0.1) is 27.8 Å². The van der Waals surface area contributed by atoms with Crippen molar-refractivity contribution in [1.29, 1.82) is 0 Å². The summed E-state index contributed by atoms with van der Waals surface area (Å²) in [5, 5.41) is 11.4. The maximum Gasteiger partial charge on any atom is 0.201 e. The Morgan fingerprint density at radius 1 is 0.426 bits per heavy atom. The zero-order valence-electron chi connectivity index (χ0n) is 33.0. The van der Waals surface area contributed by atoms with Crippen molar-refractivity contribution in [1.82, 2.24) is 14.5 Å². The highest BCUT2D eigenvalue weighted by Gasteiger charge is 2.26. The molecule has 1 N–H and O–H groups in total. The van der Waals surface area contributed by atoms with E-state index >= 15 is 0 Å². The molecule has 4 nitrogen and oxygen atoms in total. The summed E-state index contributed by atoms with van der Waals surface area (Å²) in [5.41, 5.74) is 15.0. The number of hydrogen-bond donors (Lipinski definition) is 1. The van der Waals surface area contributed by atoms with Crippen LogP contribution in [0.2, 0.25) is 0 Å². The highest BCUT2D eigenvalue weighted by Crippen LogP contribution is 2.51. The first-order valence-corrected chi connectivity index (χ1v) is 21.6. The molecule has 0 spiro atoms. The van der Waals surface area contributed by atoms with Crippen molar-refractivity contribution in [2.45, 2.75) is 16.1 Å². The van der Waals surface area contributed by atoms with Gasteiger partial charge in [0.2, 0.25) is 6.29 Å². The van der Waals surface area contributed by atoms with Gasteiger partial charge in [0.15, 0.2) is 0 Å². The standard InChI is InChI=1S/C56H36N4S/c1-4-15-35(16-5-1)46-34-47(36-17-6-2-7-18-36)58-56(57-46)60-48-24-12-10-21-40(48)43-31-37(27-29-49(43)60)38-28-30-50-45(32-38)54-42-23-14-26-53-55(42)44(41-22-11-13-25-52(41)61-53)33-51(54)59(50)39-19-8-3-9-20-39/h1-34,56-57H. The van der Waals surface area contributed by atoms with Crippen LogP contribution in [-0.4, -0.2) is 14.8 Å². The third kappa shape index (κ3) is 5.30. The number of aliphatic imine (C=N–C) groups is 1. The van der Waals surface area contributed by atoms with Gasteiger partial charge in [-0.1, -0.05) is 151 Å². The molecule has 0 saturated carbocycles. The van der Waals surface area contributed by atoms with E-state index in [-0.39, 0.29) is 6.29 Å². The van der Waals surface area contributed by atoms with Crippen LogP contribution in [0.5, 0.6) is 0 Å². The predicted octanol–water partition coefficient (Wildman–Crippen LogP) is 14.4. The number of benzene rings is 9. The third-order valence-corrected chi connectivity index (χ3v) is 13.7. The number of nitrogens with one attached hydrogen (secondary N) is 1. The van der Waals surface area contributed by atoms with Gasteiger partial charge < -0.3 is 14.5 Å². The summed E-state index contributed by atoms with van der Waals surface area (Å²) in [7, 11) is 0. The van der Waals surface area contributed by atoms with E-state index in [4.69, 9.17) is 4.99 Å². The number of nitrogens with zero attached hydrogens (tertiary/aromatic N) is 3. The Bertz CT molecular complexity index is 3640. The Kier molecular flexibility index (Phi) is 7.57. The molecule has 13 rings (SSSR count). The van der Waals surface area contributed by atoms with Gasteiger partial charge in [0.25, 0.3) is 0 Å². The van der Waals surface area contributed by atoms with E-state index in [0.717, 1.165) is 39.3 Å². The molecular weight excluding hydrogens is 761 g/mol. The zero-order chi connectivity index (χ0) is 40.0. The normalized spacial score (nSPS) is 14.7. The van der Waals surface area contributed by atoms with Crippen LogP contribution in [0.25, 0.3) is 88.0 Å². The highest BCUT2D eigenvalue weighted by molar-refractivity contribution is 7.99. The quantitative estimate of drug-likeness (QED) is 0.188. The maximum atomic E-state index is 5.39. The molecule has 61 heavy (non-hydrogen) atoms. The second kappa shape index (κ2) is 13.5. The highest BCUT2D eigenvalue weighted by atomic mass is 32.2. The van der Waals surface area contributed by atoms with Crippen LogP contribution in [0.4, 0.5) is 0 Å². The van der Waals surface area contributed by atoms with Crippen molar-refractivity contribution in [3.63, 3.8) is 0 Å². The largest absolute Gasteiger partial charge is 0.346 e. The molecule has 0 amide bonds. The van der Waals surface area contributed by atoms with Crippen molar-refractivity contribution in [2.24, 2.45) is 4.99 Å². The van der Waals surface area contributed by atoms with Crippen molar-refractivity contribution in [3.05, 3.63) is 217 Å². The predicted molar refractivity (Wildman–Crippen MR) is 256 cm³/mol. The van der Waals surface area contributed by atoms with Gasteiger partial charge in [-0.2, -0.15) is 0 Å². The number of para-hydroxylation sites is 2. The lowest BCUT2D eigenvalue weighted by molar-refractivity contribution is 0.508. The van der Waals surface area contributed by atoms with Crippen molar-refractivity contribution in [3.8, 4) is 27.9 Å². The summed E-state index contributed by atoms with van der Waals surface area (Å²) in [6.45, 7) is 0. The van der Waals surface area contributed by atoms with E-state index in [9.17, 15) is 0 Å². The van der Waals surface area contributed by atoms with E-state index in [1.54, 1.807) is 0 Å². The molecule has 1 unspecified atom stereocenters. The number of rotatable bonds is 5. The van der Waals surface area contributed by atoms with Crippen molar-refractivity contribution in [2.75, 3.05) is 0 Å². The van der Waals surface area contributed by atoms with Gasteiger partial charge in [-0.15, -0.1) is 0 Å². The monoisotopic (exact) mass is 796 g/mol. The lowest BCUT2D eigenvalue weighted by Gasteiger charge is -2.27. The fourth-order valence-electron chi connectivity index (χ4n) is 9.82. The van der Waals surface area contributed by atoms with Gasteiger partial charge in [-0.05, 0) is 106 Å². The van der Waals surface area contributed by atoms with Crippen molar-refractivity contribution >= 4 is 77.6 Å². The molecule has 286 valence electrons. The summed E-state index contributed by atoms with van der Waals surface area (Å²) >= 11 is 1.88. The molecule has 2 aromatic heterocycles. The Morgan fingerprint density at radius 2 is 1.07 bits per heavy atom. The minimum atomic E-state index is -0.357. The first-order valence-electron chi connectivity index (χ1n) is 20.8. The van der Waals surface area contributed by atoms with Gasteiger partial charge >= 0.3 is 0 Å². The van der Waals surface area contributed by atoms with Gasteiger partial charge in [-0.25, -0.2) is 4.99 Å². The molecule has 1 atom stereocenters. The topological polar surface area (TPSA) is 34.2 Å². The van der Waals surface area contributed by atoms with Crippen LogP contribution in [0.15, 0.2) is 221 Å². The van der Waals surface area contributed by atoms with E-state index in [0.29, 0.717) is 0 Å². The molecule has 0 fully saturated rings.